The van der Waals surface area contributed by atoms with Crippen LogP contribution in [-0.4, -0.2) is 27.6 Å². The summed E-state index contributed by atoms with van der Waals surface area (Å²) in [7, 11) is 0. The van der Waals surface area contributed by atoms with Gasteiger partial charge < -0.3 is 9.88 Å². The molecule has 2 aromatic heterocycles. The molecule has 4 nitrogen and oxygen atoms in total. The van der Waals surface area contributed by atoms with E-state index in [1.54, 1.807) is 6.07 Å². The first-order valence-electron chi connectivity index (χ1n) is 11.2. The van der Waals surface area contributed by atoms with E-state index >= 15 is 0 Å². The minimum atomic E-state index is 0.303. The monoisotopic (exact) mass is 472 g/mol. The molecule has 1 saturated heterocycles. The van der Waals surface area contributed by atoms with E-state index in [2.05, 4.69) is 58.4 Å². The summed E-state index contributed by atoms with van der Waals surface area (Å²) in [5, 5.41) is 7.10. The summed E-state index contributed by atoms with van der Waals surface area (Å²) in [5.74, 6) is 0.847. The van der Waals surface area contributed by atoms with Crippen molar-refractivity contribution in [2.24, 2.45) is 0 Å². The van der Waals surface area contributed by atoms with E-state index in [0.717, 1.165) is 59.6 Å². The standard InChI is InChI=1S/C27H22Cl2N4/c28-20-7-8-23(24(29)16-20)26-32-25-22(19-6-5-17-3-1-2-4-18(17)15-19)11-14-31-27(25)33(26)21-9-12-30-13-10-21/h1-8,11,14-16,21,30H,9-10,12-13H2. The van der Waals surface area contributed by atoms with Crippen molar-refractivity contribution >= 4 is 45.1 Å². The zero-order chi connectivity index (χ0) is 22.4. The molecule has 164 valence electrons. The van der Waals surface area contributed by atoms with E-state index in [0.29, 0.717) is 16.1 Å². The van der Waals surface area contributed by atoms with Crippen molar-refractivity contribution < 1.29 is 0 Å². The molecule has 1 aliphatic heterocycles. The molecule has 1 N–H and O–H groups in total. The van der Waals surface area contributed by atoms with Crippen LogP contribution in [0.1, 0.15) is 18.9 Å². The molecule has 33 heavy (non-hydrogen) atoms. The molecule has 0 bridgehead atoms. The van der Waals surface area contributed by atoms with Crippen LogP contribution >= 0.6 is 23.2 Å². The summed E-state index contributed by atoms with van der Waals surface area (Å²) >= 11 is 12.8. The number of benzene rings is 3. The van der Waals surface area contributed by atoms with Gasteiger partial charge in [0.05, 0.1) is 5.02 Å². The van der Waals surface area contributed by atoms with Crippen LogP contribution in [0.5, 0.6) is 0 Å². The molecule has 0 aliphatic carbocycles. The van der Waals surface area contributed by atoms with Crippen molar-refractivity contribution in [2.75, 3.05) is 13.1 Å². The Hall–Kier alpha value is -2.92. The fourth-order valence-corrected chi connectivity index (χ4v) is 5.34. The molecule has 3 heterocycles. The first-order valence-corrected chi connectivity index (χ1v) is 12.0. The molecule has 6 rings (SSSR count). The van der Waals surface area contributed by atoms with E-state index in [1.165, 1.54) is 10.8 Å². The Balaban J connectivity index is 1.61. The number of fused-ring (bicyclic) bond motifs is 2. The van der Waals surface area contributed by atoms with Crippen molar-refractivity contribution in [3.63, 3.8) is 0 Å². The summed E-state index contributed by atoms with van der Waals surface area (Å²) in [6.07, 6.45) is 3.93. The molecule has 0 radical (unpaired) electrons. The van der Waals surface area contributed by atoms with Gasteiger partial charge in [-0.1, -0.05) is 59.6 Å². The first-order chi connectivity index (χ1) is 16.2. The zero-order valence-corrected chi connectivity index (χ0v) is 19.4. The van der Waals surface area contributed by atoms with E-state index < -0.39 is 0 Å². The molecule has 1 aliphatic rings. The quantitative estimate of drug-likeness (QED) is 0.303. The number of rotatable bonds is 3. The average molecular weight is 473 g/mol. The van der Waals surface area contributed by atoms with E-state index in [4.69, 9.17) is 33.2 Å². The predicted molar refractivity (Wildman–Crippen MR) is 137 cm³/mol. The van der Waals surface area contributed by atoms with Crippen molar-refractivity contribution in [3.8, 4) is 22.5 Å². The maximum atomic E-state index is 6.65. The van der Waals surface area contributed by atoms with Gasteiger partial charge in [-0.25, -0.2) is 9.97 Å². The Morgan fingerprint density at radius 2 is 1.67 bits per heavy atom. The highest BCUT2D eigenvalue weighted by Gasteiger charge is 2.25. The van der Waals surface area contributed by atoms with Crippen LogP contribution in [0, 0.1) is 0 Å². The van der Waals surface area contributed by atoms with Crippen LogP contribution in [0.2, 0.25) is 10.0 Å². The molecule has 5 aromatic rings. The van der Waals surface area contributed by atoms with E-state index in [-0.39, 0.29) is 0 Å². The van der Waals surface area contributed by atoms with Gasteiger partial charge in [-0.15, -0.1) is 0 Å². The normalized spacial score (nSPS) is 14.8. The molecular formula is C27H22Cl2N4. The third-order valence-electron chi connectivity index (χ3n) is 6.49. The van der Waals surface area contributed by atoms with Crippen LogP contribution in [0.3, 0.4) is 0 Å². The molecule has 3 aromatic carbocycles. The van der Waals surface area contributed by atoms with Gasteiger partial charge in [0.25, 0.3) is 0 Å². The molecule has 6 heteroatoms. The van der Waals surface area contributed by atoms with Gasteiger partial charge >= 0.3 is 0 Å². The molecule has 0 unspecified atom stereocenters. The number of hydrogen-bond acceptors (Lipinski definition) is 3. The minimum Gasteiger partial charge on any atom is -0.317 e. The van der Waals surface area contributed by atoms with Crippen molar-refractivity contribution in [2.45, 2.75) is 18.9 Å². The third-order valence-corrected chi connectivity index (χ3v) is 7.03. The molecule has 0 amide bonds. The van der Waals surface area contributed by atoms with Gasteiger partial charge in [0.2, 0.25) is 0 Å². The van der Waals surface area contributed by atoms with Gasteiger partial charge in [-0.05, 0) is 72.6 Å². The Labute approximate surface area is 202 Å². The maximum Gasteiger partial charge on any atom is 0.161 e. The summed E-state index contributed by atoms with van der Waals surface area (Å²) < 4.78 is 2.29. The second-order valence-electron chi connectivity index (χ2n) is 8.50. The maximum absolute atomic E-state index is 6.65. The Bertz CT molecular complexity index is 1480. The Morgan fingerprint density at radius 3 is 2.48 bits per heavy atom. The zero-order valence-electron chi connectivity index (χ0n) is 17.9. The highest BCUT2D eigenvalue weighted by Crippen LogP contribution is 2.38. The second-order valence-corrected chi connectivity index (χ2v) is 9.35. The summed E-state index contributed by atoms with van der Waals surface area (Å²) in [6.45, 7) is 1.95. The number of imidazole rings is 1. The number of hydrogen-bond donors (Lipinski definition) is 1. The van der Waals surface area contributed by atoms with Gasteiger partial charge in [-0.2, -0.15) is 0 Å². The predicted octanol–water partition coefficient (Wildman–Crippen LogP) is 7.15. The number of nitrogens with one attached hydrogen (secondary N) is 1. The Kier molecular flexibility index (Phi) is 5.30. The van der Waals surface area contributed by atoms with Crippen molar-refractivity contribution in [1.29, 1.82) is 0 Å². The van der Waals surface area contributed by atoms with Crippen LogP contribution in [-0.2, 0) is 0 Å². The highest BCUT2D eigenvalue weighted by atomic mass is 35.5. The van der Waals surface area contributed by atoms with Crippen LogP contribution in [0.25, 0.3) is 44.5 Å². The van der Waals surface area contributed by atoms with Gasteiger partial charge in [-0.3, -0.25) is 0 Å². The summed E-state index contributed by atoms with van der Waals surface area (Å²) in [5.41, 5.74) is 4.87. The topological polar surface area (TPSA) is 42.7 Å². The molecule has 1 fully saturated rings. The minimum absolute atomic E-state index is 0.303. The smallest absolute Gasteiger partial charge is 0.161 e. The van der Waals surface area contributed by atoms with Gasteiger partial charge in [0.1, 0.15) is 11.3 Å². The lowest BCUT2D eigenvalue weighted by Gasteiger charge is -2.26. The molecular weight excluding hydrogens is 451 g/mol. The number of pyridine rings is 1. The lowest BCUT2D eigenvalue weighted by atomic mass is 10.0. The largest absolute Gasteiger partial charge is 0.317 e. The Morgan fingerprint density at radius 1 is 0.848 bits per heavy atom. The van der Waals surface area contributed by atoms with Crippen LogP contribution in [0.15, 0.2) is 72.9 Å². The number of piperidine rings is 1. The molecule has 0 spiro atoms. The van der Waals surface area contributed by atoms with Gasteiger partial charge in [0.15, 0.2) is 5.65 Å². The third kappa shape index (κ3) is 3.68. The lowest BCUT2D eigenvalue weighted by Crippen LogP contribution is -2.29. The number of aromatic nitrogens is 3. The van der Waals surface area contributed by atoms with Crippen molar-refractivity contribution in [3.05, 3.63) is 83.0 Å². The van der Waals surface area contributed by atoms with E-state index in [1.807, 2.05) is 18.3 Å². The van der Waals surface area contributed by atoms with Crippen molar-refractivity contribution in [1.82, 2.24) is 19.9 Å². The summed E-state index contributed by atoms with van der Waals surface area (Å²) in [6, 6.07) is 22.9. The number of nitrogens with zero attached hydrogens (tertiary/aromatic N) is 3. The highest BCUT2D eigenvalue weighted by molar-refractivity contribution is 6.36. The van der Waals surface area contributed by atoms with Crippen LogP contribution in [0.4, 0.5) is 0 Å². The van der Waals surface area contributed by atoms with Crippen LogP contribution < -0.4 is 5.32 Å². The number of halogens is 2. The first kappa shape index (κ1) is 20.7. The molecule has 0 saturated carbocycles. The molecule has 0 atom stereocenters. The van der Waals surface area contributed by atoms with Gasteiger partial charge in [0, 0.05) is 28.4 Å². The summed E-state index contributed by atoms with van der Waals surface area (Å²) in [4.78, 5) is 9.97. The SMILES string of the molecule is Clc1ccc(-c2nc3c(-c4ccc5ccccc5c4)ccnc3n2C2CCNCC2)c(Cl)c1. The average Bonchev–Trinajstić information content (AvgIpc) is 3.23. The van der Waals surface area contributed by atoms with E-state index in [9.17, 15) is 0 Å². The fourth-order valence-electron chi connectivity index (χ4n) is 4.85. The second kappa shape index (κ2) is 8.45. The lowest BCUT2D eigenvalue weighted by molar-refractivity contribution is 0.376. The fraction of sp³-hybridized carbons (Fsp3) is 0.185.